The van der Waals surface area contributed by atoms with Crippen LogP contribution in [0.5, 0.6) is 5.75 Å². The molecule has 0 radical (unpaired) electrons. The number of thioether (sulfide) groups is 1. The summed E-state index contributed by atoms with van der Waals surface area (Å²) in [6.07, 6.45) is 2.08. The highest BCUT2D eigenvalue weighted by atomic mass is 32.2. The number of halogens is 1. The van der Waals surface area contributed by atoms with Crippen LogP contribution in [0.4, 0.5) is 10.1 Å². The van der Waals surface area contributed by atoms with E-state index < -0.39 is 34.3 Å². The number of ether oxygens (including phenoxy) is 1. The van der Waals surface area contributed by atoms with E-state index in [2.05, 4.69) is 5.32 Å². The van der Waals surface area contributed by atoms with Gasteiger partial charge in [-0.1, -0.05) is 42.5 Å². The van der Waals surface area contributed by atoms with Crippen LogP contribution in [0.3, 0.4) is 0 Å². The van der Waals surface area contributed by atoms with Gasteiger partial charge in [0.1, 0.15) is 24.2 Å². The number of anilines is 1. The second kappa shape index (κ2) is 16.3. The predicted octanol–water partition coefficient (Wildman–Crippen LogP) is 5.92. The summed E-state index contributed by atoms with van der Waals surface area (Å²) in [6, 6.07) is 26.8. The van der Waals surface area contributed by atoms with Crippen LogP contribution in [-0.2, 0) is 32.6 Å². The standard InChI is InChI=1S/C35H38FN3O5S2/c1-4-37-35(41)33(23-26-9-7-6-8-10-26)38(24-27-11-13-28(36)14-12-27)34(40)25-39(29-15-17-30(18-16-29)44-5-2)46(42,43)32-21-19-31(45-3)20-22-32/h6-22,33H,4-5,23-25H2,1-3H3,(H,37,41). The molecular weight excluding hydrogens is 626 g/mol. The van der Waals surface area contributed by atoms with Gasteiger partial charge in [-0.25, -0.2) is 12.8 Å². The van der Waals surface area contributed by atoms with E-state index in [-0.39, 0.29) is 29.5 Å². The average Bonchev–Trinajstić information content (AvgIpc) is 3.07. The lowest BCUT2D eigenvalue weighted by Crippen LogP contribution is -2.53. The molecule has 0 aliphatic carbocycles. The minimum absolute atomic E-state index is 0.0154. The van der Waals surface area contributed by atoms with Gasteiger partial charge in [0.05, 0.1) is 17.2 Å². The molecule has 8 nitrogen and oxygen atoms in total. The Morgan fingerprint density at radius 1 is 0.870 bits per heavy atom. The van der Waals surface area contributed by atoms with Gasteiger partial charge >= 0.3 is 0 Å². The first-order valence-corrected chi connectivity index (χ1v) is 17.6. The van der Waals surface area contributed by atoms with Crippen LogP contribution in [0.15, 0.2) is 113 Å². The fraction of sp³-hybridized carbons (Fsp3) is 0.257. The van der Waals surface area contributed by atoms with E-state index in [4.69, 9.17) is 4.74 Å². The number of hydrogen-bond donors (Lipinski definition) is 1. The third-order valence-electron chi connectivity index (χ3n) is 7.25. The summed E-state index contributed by atoms with van der Waals surface area (Å²) in [7, 11) is -4.24. The number of amides is 2. The van der Waals surface area contributed by atoms with E-state index in [0.717, 1.165) is 14.8 Å². The molecule has 4 aromatic carbocycles. The van der Waals surface area contributed by atoms with E-state index >= 15 is 0 Å². The number of likely N-dealkylation sites (N-methyl/N-ethyl adjacent to an activating group) is 1. The van der Waals surface area contributed by atoms with Crippen molar-refractivity contribution in [2.75, 3.05) is 30.3 Å². The van der Waals surface area contributed by atoms with Gasteiger partial charge in [-0.2, -0.15) is 0 Å². The van der Waals surface area contributed by atoms with Crippen LogP contribution in [0, 0.1) is 5.82 Å². The Morgan fingerprint density at radius 2 is 1.52 bits per heavy atom. The highest BCUT2D eigenvalue weighted by molar-refractivity contribution is 7.98. The quantitative estimate of drug-likeness (QED) is 0.159. The first kappa shape index (κ1) is 34.5. The van der Waals surface area contributed by atoms with Crippen molar-refractivity contribution in [1.82, 2.24) is 10.2 Å². The van der Waals surface area contributed by atoms with Crippen molar-refractivity contribution in [3.8, 4) is 5.75 Å². The smallest absolute Gasteiger partial charge is 0.264 e. The summed E-state index contributed by atoms with van der Waals surface area (Å²) in [4.78, 5) is 30.3. The van der Waals surface area contributed by atoms with Gasteiger partial charge in [-0.05, 0) is 91.9 Å². The van der Waals surface area contributed by atoms with Crippen molar-refractivity contribution < 1.29 is 27.1 Å². The molecule has 1 unspecified atom stereocenters. The molecule has 46 heavy (non-hydrogen) atoms. The molecule has 4 rings (SSSR count). The molecule has 1 atom stereocenters. The maximum Gasteiger partial charge on any atom is 0.264 e. The zero-order chi connectivity index (χ0) is 33.1. The zero-order valence-electron chi connectivity index (χ0n) is 26.1. The monoisotopic (exact) mass is 663 g/mol. The molecule has 2 amide bonds. The molecule has 0 fully saturated rings. The SMILES string of the molecule is CCNC(=O)C(Cc1ccccc1)N(Cc1ccc(F)cc1)C(=O)CN(c1ccc(OCC)cc1)S(=O)(=O)c1ccc(SC)cc1. The molecule has 4 aromatic rings. The van der Waals surface area contributed by atoms with Crippen LogP contribution in [0.1, 0.15) is 25.0 Å². The minimum Gasteiger partial charge on any atom is -0.494 e. The van der Waals surface area contributed by atoms with Crippen molar-refractivity contribution in [3.05, 3.63) is 120 Å². The summed E-state index contributed by atoms with van der Waals surface area (Å²) in [5.41, 5.74) is 1.66. The Hall–Kier alpha value is -4.35. The highest BCUT2D eigenvalue weighted by Gasteiger charge is 2.34. The first-order chi connectivity index (χ1) is 22.2. The van der Waals surface area contributed by atoms with Gasteiger partial charge in [-0.15, -0.1) is 11.8 Å². The molecule has 242 valence electrons. The third-order valence-corrected chi connectivity index (χ3v) is 9.78. The number of sulfonamides is 1. The van der Waals surface area contributed by atoms with Crippen molar-refractivity contribution in [3.63, 3.8) is 0 Å². The summed E-state index contributed by atoms with van der Waals surface area (Å²) in [5.74, 6) is -0.873. The summed E-state index contributed by atoms with van der Waals surface area (Å²) < 4.78 is 48.8. The molecule has 0 aliphatic rings. The van der Waals surface area contributed by atoms with Crippen molar-refractivity contribution in [1.29, 1.82) is 0 Å². The lowest BCUT2D eigenvalue weighted by Gasteiger charge is -2.34. The van der Waals surface area contributed by atoms with Crippen LogP contribution >= 0.6 is 11.8 Å². The number of hydrogen-bond acceptors (Lipinski definition) is 6. The molecule has 0 aromatic heterocycles. The summed E-state index contributed by atoms with van der Waals surface area (Å²) in [5, 5.41) is 2.83. The van der Waals surface area contributed by atoms with Crippen molar-refractivity contribution in [2.45, 2.75) is 42.6 Å². The normalized spacial score (nSPS) is 11.8. The molecule has 0 spiro atoms. The Morgan fingerprint density at radius 3 is 2.11 bits per heavy atom. The fourth-order valence-corrected chi connectivity index (χ4v) is 6.73. The number of carbonyl (C=O) groups excluding carboxylic acids is 2. The van der Waals surface area contributed by atoms with Gasteiger partial charge in [0.15, 0.2) is 0 Å². The molecule has 0 heterocycles. The third kappa shape index (κ3) is 8.88. The van der Waals surface area contributed by atoms with Gasteiger partial charge in [-0.3, -0.25) is 13.9 Å². The average molecular weight is 664 g/mol. The molecule has 0 saturated heterocycles. The number of rotatable bonds is 15. The number of nitrogens with one attached hydrogen (secondary N) is 1. The number of benzene rings is 4. The van der Waals surface area contributed by atoms with Crippen LogP contribution in [-0.4, -0.2) is 57.1 Å². The lowest BCUT2D eigenvalue weighted by molar-refractivity contribution is -0.140. The predicted molar refractivity (Wildman–Crippen MR) is 180 cm³/mol. The van der Waals surface area contributed by atoms with Crippen LogP contribution in [0.2, 0.25) is 0 Å². The largest absolute Gasteiger partial charge is 0.494 e. The minimum atomic E-state index is -4.24. The first-order valence-electron chi connectivity index (χ1n) is 14.9. The van der Waals surface area contributed by atoms with Crippen LogP contribution in [0.25, 0.3) is 0 Å². The molecule has 0 saturated carbocycles. The summed E-state index contributed by atoms with van der Waals surface area (Å²) >= 11 is 1.48. The van der Waals surface area contributed by atoms with E-state index in [1.54, 1.807) is 55.5 Å². The number of nitrogens with zero attached hydrogens (tertiary/aromatic N) is 2. The van der Waals surface area contributed by atoms with Crippen molar-refractivity contribution >= 4 is 39.3 Å². The van der Waals surface area contributed by atoms with Gasteiger partial charge in [0.25, 0.3) is 10.0 Å². The second-order valence-corrected chi connectivity index (χ2v) is 13.1. The maximum atomic E-state index is 14.4. The molecule has 1 N–H and O–H groups in total. The van der Waals surface area contributed by atoms with E-state index in [1.807, 2.05) is 43.5 Å². The topological polar surface area (TPSA) is 96.0 Å². The molecule has 0 bridgehead atoms. The van der Waals surface area contributed by atoms with E-state index in [0.29, 0.717) is 24.5 Å². The Labute approximate surface area is 274 Å². The lowest BCUT2D eigenvalue weighted by atomic mass is 10.0. The van der Waals surface area contributed by atoms with E-state index in [9.17, 15) is 22.4 Å². The molecular formula is C35H38FN3O5S2. The zero-order valence-corrected chi connectivity index (χ0v) is 27.7. The summed E-state index contributed by atoms with van der Waals surface area (Å²) in [6.45, 7) is 3.76. The molecule has 0 aliphatic heterocycles. The van der Waals surface area contributed by atoms with Gasteiger partial charge in [0, 0.05) is 24.4 Å². The van der Waals surface area contributed by atoms with Gasteiger partial charge in [0.2, 0.25) is 11.8 Å². The molecule has 11 heteroatoms. The van der Waals surface area contributed by atoms with Gasteiger partial charge < -0.3 is 15.0 Å². The highest BCUT2D eigenvalue weighted by Crippen LogP contribution is 2.28. The Balaban J connectivity index is 1.79. The maximum absolute atomic E-state index is 14.4. The Kier molecular flexibility index (Phi) is 12.2. The Bertz CT molecular complexity index is 1690. The second-order valence-electron chi connectivity index (χ2n) is 10.4. The number of carbonyl (C=O) groups is 2. The van der Waals surface area contributed by atoms with Crippen LogP contribution < -0.4 is 14.4 Å². The van der Waals surface area contributed by atoms with E-state index in [1.165, 1.54) is 40.9 Å². The van der Waals surface area contributed by atoms with Crippen molar-refractivity contribution in [2.24, 2.45) is 0 Å². The fourth-order valence-electron chi connectivity index (χ4n) is 4.91.